The summed E-state index contributed by atoms with van der Waals surface area (Å²) < 4.78 is 7.20. The van der Waals surface area contributed by atoms with Crippen LogP contribution in [0.15, 0.2) is 24.4 Å². The van der Waals surface area contributed by atoms with E-state index in [1.165, 1.54) is 0 Å². The third-order valence-corrected chi connectivity index (χ3v) is 3.09. The fourth-order valence-corrected chi connectivity index (χ4v) is 2.06. The van der Waals surface area contributed by atoms with Gasteiger partial charge in [-0.1, -0.05) is 18.5 Å². The van der Waals surface area contributed by atoms with Crippen LogP contribution in [0.4, 0.5) is 5.95 Å². The highest BCUT2D eigenvalue weighted by molar-refractivity contribution is 6.32. The molecule has 102 valence electrons. The lowest BCUT2D eigenvalue weighted by molar-refractivity contribution is 0.414. The molecule has 0 radical (unpaired) electrons. The lowest BCUT2D eigenvalue weighted by Gasteiger charge is -2.12. The maximum Gasteiger partial charge on any atom is 0.207 e. The van der Waals surface area contributed by atoms with Crippen LogP contribution in [0.3, 0.4) is 0 Å². The van der Waals surface area contributed by atoms with Gasteiger partial charge in [-0.05, 0) is 25.5 Å². The molecule has 2 rings (SSSR count). The van der Waals surface area contributed by atoms with Crippen LogP contribution in [0.25, 0.3) is 5.69 Å². The number of imidazole rings is 1. The highest BCUT2D eigenvalue weighted by Gasteiger charge is 2.11. The number of nitrogens with one attached hydrogen (secondary N) is 1. The number of aromatic nitrogens is 2. The molecule has 0 bridgehead atoms. The normalized spacial score (nSPS) is 10.5. The fourth-order valence-electron chi connectivity index (χ4n) is 1.85. The minimum atomic E-state index is 0.665. The largest absolute Gasteiger partial charge is 0.497 e. The summed E-state index contributed by atoms with van der Waals surface area (Å²) >= 11 is 6.27. The number of hydrogen-bond acceptors (Lipinski definition) is 3. The number of nitrogens with zero attached hydrogens (tertiary/aromatic N) is 2. The number of aryl methyl sites for hydroxylation is 1. The van der Waals surface area contributed by atoms with E-state index in [9.17, 15) is 0 Å². The second-order valence-corrected chi connectivity index (χ2v) is 4.73. The Labute approximate surface area is 118 Å². The van der Waals surface area contributed by atoms with Crippen molar-refractivity contribution in [2.75, 3.05) is 19.0 Å². The van der Waals surface area contributed by atoms with Gasteiger partial charge in [0.2, 0.25) is 5.95 Å². The molecule has 0 aliphatic carbocycles. The second kappa shape index (κ2) is 5.97. The minimum Gasteiger partial charge on any atom is -0.497 e. The molecule has 1 aromatic heterocycles. The third kappa shape index (κ3) is 3.01. The summed E-state index contributed by atoms with van der Waals surface area (Å²) in [5.74, 6) is 1.57. The number of rotatable bonds is 5. The smallest absolute Gasteiger partial charge is 0.207 e. The molecule has 0 unspecified atom stereocenters. The first-order chi connectivity index (χ1) is 9.15. The van der Waals surface area contributed by atoms with Crippen LogP contribution in [0.5, 0.6) is 5.75 Å². The maximum absolute atomic E-state index is 6.27. The standard InChI is InChI=1S/C14H18ClN3O/c1-4-7-16-14-17-10(2)9-18(14)13-8-11(19-3)5-6-12(13)15/h5-6,8-9H,4,7H2,1-3H3,(H,16,17). The number of hydrogen-bond donors (Lipinski definition) is 1. The highest BCUT2D eigenvalue weighted by atomic mass is 35.5. The predicted octanol–water partition coefficient (Wildman–Crippen LogP) is 3.66. The van der Waals surface area contributed by atoms with Gasteiger partial charge in [-0.25, -0.2) is 4.98 Å². The van der Waals surface area contributed by atoms with Gasteiger partial charge in [0, 0.05) is 18.8 Å². The van der Waals surface area contributed by atoms with Crippen LogP contribution in [0.1, 0.15) is 19.0 Å². The molecule has 0 aliphatic rings. The number of methoxy groups -OCH3 is 1. The van der Waals surface area contributed by atoms with Crippen molar-refractivity contribution in [1.82, 2.24) is 9.55 Å². The molecule has 5 heteroatoms. The van der Waals surface area contributed by atoms with Crippen molar-refractivity contribution in [2.24, 2.45) is 0 Å². The molecule has 4 nitrogen and oxygen atoms in total. The van der Waals surface area contributed by atoms with Gasteiger partial charge < -0.3 is 10.1 Å². The molecule has 0 atom stereocenters. The van der Waals surface area contributed by atoms with Crippen molar-refractivity contribution in [3.05, 3.63) is 35.1 Å². The van der Waals surface area contributed by atoms with Gasteiger partial charge in [0.15, 0.2) is 0 Å². The first kappa shape index (κ1) is 13.7. The van der Waals surface area contributed by atoms with E-state index in [2.05, 4.69) is 17.2 Å². The number of ether oxygens (including phenoxy) is 1. The van der Waals surface area contributed by atoms with Crippen LogP contribution < -0.4 is 10.1 Å². The van der Waals surface area contributed by atoms with Crippen LogP contribution in [0, 0.1) is 6.92 Å². The van der Waals surface area contributed by atoms with Gasteiger partial charge in [0.05, 0.1) is 23.5 Å². The summed E-state index contributed by atoms with van der Waals surface area (Å²) in [6.45, 7) is 4.95. The number of benzene rings is 1. The Hall–Kier alpha value is -1.68. The van der Waals surface area contributed by atoms with E-state index >= 15 is 0 Å². The predicted molar refractivity (Wildman–Crippen MR) is 78.6 cm³/mol. The lowest BCUT2D eigenvalue weighted by Crippen LogP contribution is -2.07. The summed E-state index contributed by atoms with van der Waals surface area (Å²) in [4.78, 5) is 4.47. The topological polar surface area (TPSA) is 39.1 Å². The Balaban J connectivity index is 2.45. The van der Waals surface area contributed by atoms with Gasteiger partial charge in [-0.15, -0.1) is 0 Å². The average molecular weight is 280 g/mol. The van der Waals surface area contributed by atoms with Crippen LogP contribution in [0.2, 0.25) is 5.02 Å². The zero-order valence-corrected chi connectivity index (χ0v) is 12.2. The quantitative estimate of drug-likeness (QED) is 0.908. The zero-order chi connectivity index (χ0) is 13.8. The summed E-state index contributed by atoms with van der Waals surface area (Å²) in [5, 5.41) is 3.96. The molecule has 1 aromatic carbocycles. The Kier molecular flexibility index (Phi) is 4.32. The van der Waals surface area contributed by atoms with Crippen molar-refractivity contribution in [3.8, 4) is 11.4 Å². The van der Waals surface area contributed by atoms with Crippen molar-refractivity contribution >= 4 is 17.5 Å². The molecule has 1 heterocycles. The van der Waals surface area contributed by atoms with E-state index in [-0.39, 0.29) is 0 Å². The highest BCUT2D eigenvalue weighted by Crippen LogP contribution is 2.28. The van der Waals surface area contributed by atoms with Crippen LogP contribution in [-0.4, -0.2) is 23.2 Å². The average Bonchev–Trinajstić information content (AvgIpc) is 2.78. The second-order valence-electron chi connectivity index (χ2n) is 4.32. The van der Waals surface area contributed by atoms with E-state index in [1.807, 2.05) is 35.9 Å². The zero-order valence-electron chi connectivity index (χ0n) is 11.4. The summed E-state index contributed by atoms with van der Waals surface area (Å²) in [5.41, 5.74) is 1.80. The van der Waals surface area contributed by atoms with Crippen molar-refractivity contribution < 1.29 is 4.74 Å². The molecular formula is C14H18ClN3O. The third-order valence-electron chi connectivity index (χ3n) is 2.77. The molecule has 19 heavy (non-hydrogen) atoms. The van der Waals surface area contributed by atoms with E-state index < -0.39 is 0 Å². The number of halogens is 1. The molecule has 0 spiro atoms. The van der Waals surface area contributed by atoms with Crippen molar-refractivity contribution in [2.45, 2.75) is 20.3 Å². The van der Waals surface area contributed by atoms with E-state index in [0.717, 1.165) is 36.0 Å². The van der Waals surface area contributed by atoms with Crippen LogP contribution in [-0.2, 0) is 0 Å². The van der Waals surface area contributed by atoms with Gasteiger partial charge in [0.1, 0.15) is 5.75 Å². The van der Waals surface area contributed by atoms with Gasteiger partial charge in [-0.3, -0.25) is 4.57 Å². The van der Waals surface area contributed by atoms with Crippen molar-refractivity contribution in [1.29, 1.82) is 0 Å². The monoisotopic (exact) mass is 279 g/mol. The van der Waals surface area contributed by atoms with Crippen molar-refractivity contribution in [3.63, 3.8) is 0 Å². The lowest BCUT2D eigenvalue weighted by atomic mass is 10.3. The Morgan fingerprint density at radius 3 is 2.89 bits per heavy atom. The molecule has 0 saturated heterocycles. The first-order valence-electron chi connectivity index (χ1n) is 6.29. The summed E-state index contributed by atoms with van der Waals surface area (Å²) in [6, 6.07) is 5.57. The molecule has 0 aliphatic heterocycles. The van der Waals surface area contributed by atoms with Gasteiger partial charge >= 0.3 is 0 Å². The molecule has 0 fully saturated rings. The summed E-state index contributed by atoms with van der Waals surface area (Å²) in [7, 11) is 1.64. The minimum absolute atomic E-state index is 0.665. The van der Waals surface area contributed by atoms with Gasteiger partial charge in [-0.2, -0.15) is 0 Å². The fraction of sp³-hybridized carbons (Fsp3) is 0.357. The van der Waals surface area contributed by atoms with E-state index in [0.29, 0.717) is 5.02 Å². The summed E-state index contributed by atoms with van der Waals surface area (Å²) in [6.07, 6.45) is 3.00. The SMILES string of the molecule is CCCNc1nc(C)cn1-c1cc(OC)ccc1Cl. The Morgan fingerprint density at radius 2 is 2.21 bits per heavy atom. The van der Waals surface area contributed by atoms with Crippen LogP contribution >= 0.6 is 11.6 Å². The molecule has 2 aromatic rings. The molecule has 1 N–H and O–H groups in total. The number of anilines is 1. The Bertz CT molecular complexity index is 566. The van der Waals surface area contributed by atoms with E-state index in [4.69, 9.17) is 16.3 Å². The molecule has 0 amide bonds. The van der Waals surface area contributed by atoms with E-state index in [1.54, 1.807) is 7.11 Å². The molecular weight excluding hydrogens is 262 g/mol. The molecule has 0 saturated carbocycles. The maximum atomic E-state index is 6.27. The van der Waals surface area contributed by atoms with Gasteiger partial charge in [0.25, 0.3) is 0 Å². The first-order valence-corrected chi connectivity index (χ1v) is 6.67. The Morgan fingerprint density at radius 1 is 1.42 bits per heavy atom.